The van der Waals surface area contributed by atoms with E-state index in [2.05, 4.69) is 4.98 Å². The molecule has 0 aromatic carbocycles. The number of methoxy groups -OCH3 is 1. The Kier molecular flexibility index (Phi) is 5.14. The van der Waals surface area contributed by atoms with E-state index in [0.717, 1.165) is 19.3 Å². The number of aliphatic hydroxyl groups is 1. The molecule has 0 spiro atoms. The van der Waals surface area contributed by atoms with Gasteiger partial charge in [0.05, 0.1) is 12.2 Å². The number of aromatic nitrogens is 1. The van der Waals surface area contributed by atoms with Gasteiger partial charge in [0.15, 0.2) is 0 Å². The zero-order chi connectivity index (χ0) is 15.3. The van der Waals surface area contributed by atoms with Crippen LogP contribution in [-0.4, -0.2) is 54.3 Å². The number of aromatic amines is 1. The largest absolute Gasteiger partial charge is 0.396 e. The van der Waals surface area contributed by atoms with E-state index in [4.69, 9.17) is 4.74 Å². The molecule has 1 aliphatic rings. The summed E-state index contributed by atoms with van der Waals surface area (Å²) in [4.78, 5) is 27.8. The zero-order valence-electron chi connectivity index (χ0n) is 12.3. The fraction of sp³-hybridized carbons (Fsp3) is 0.600. The lowest BCUT2D eigenvalue weighted by Gasteiger charge is -2.41. The first-order chi connectivity index (χ1) is 10.1. The van der Waals surface area contributed by atoms with Crippen LogP contribution in [0.5, 0.6) is 0 Å². The Morgan fingerprint density at radius 2 is 2.33 bits per heavy atom. The summed E-state index contributed by atoms with van der Waals surface area (Å²) in [5.74, 6) is -0.110. The van der Waals surface area contributed by atoms with Crippen molar-refractivity contribution < 1.29 is 14.6 Å². The predicted octanol–water partition coefficient (Wildman–Crippen LogP) is 0.626. The van der Waals surface area contributed by atoms with Crippen LogP contribution in [0, 0.1) is 5.41 Å². The van der Waals surface area contributed by atoms with Crippen LogP contribution < -0.4 is 5.56 Å². The van der Waals surface area contributed by atoms with Gasteiger partial charge in [0.1, 0.15) is 0 Å². The van der Waals surface area contributed by atoms with E-state index >= 15 is 0 Å². The number of ether oxygens (including phenoxy) is 1. The van der Waals surface area contributed by atoms with Gasteiger partial charge in [-0.05, 0) is 25.3 Å². The minimum Gasteiger partial charge on any atom is -0.396 e. The SMILES string of the molecule is COCC[C@@]1(CO)CCCN(C(=O)c2ccc(=O)[nH]c2)C1. The van der Waals surface area contributed by atoms with Gasteiger partial charge >= 0.3 is 0 Å². The quantitative estimate of drug-likeness (QED) is 0.834. The molecule has 116 valence electrons. The summed E-state index contributed by atoms with van der Waals surface area (Å²) in [6, 6.07) is 2.88. The maximum Gasteiger partial charge on any atom is 0.255 e. The second-order valence-electron chi connectivity index (χ2n) is 5.67. The molecule has 2 N–H and O–H groups in total. The van der Waals surface area contributed by atoms with Gasteiger partial charge in [0, 0.05) is 44.5 Å². The smallest absolute Gasteiger partial charge is 0.255 e. The van der Waals surface area contributed by atoms with Gasteiger partial charge in [0.25, 0.3) is 5.91 Å². The number of carbonyl (C=O) groups is 1. The van der Waals surface area contributed by atoms with Crippen molar-refractivity contribution in [2.24, 2.45) is 5.41 Å². The molecule has 1 atom stereocenters. The van der Waals surface area contributed by atoms with Crippen LogP contribution in [0.4, 0.5) is 0 Å². The van der Waals surface area contributed by atoms with Crippen LogP contribution in [-0.2, 0) is 4.74 Å². The van der Waals surface area contributed by atoms with Crippen molar-refractivity contribution in [3.05, 3.63) is 34.2 Å². The van der Waals surface area contributed by atoms with Crippen molar-refractivity contribution in [2.45, 2.75) is 19.3 Å². The normalized spacial score (nSPS) is 22.3. The number of hydrogen-bond acceptors (Lipinski definition) is 4. The Hall–Kier alpha value is -1.66. The Morgan fingerprint density at radius 3 is 2.95 bits per heavy atom. The summed E-state index contributed by atoms with van der Waals surface area (Å²) in [5, 5.41) is 9.73. The molecule has 21 heavy (non-hydrogen) atoms. The van der Waals surface area contributed by atoms with Gasteiger partial charge in [-0.3, -0.25) is 9.59 Å². The van der Waals surface area contributed by atoms with Crippen molar-refractivity contribution in [1.29, 1.82) is 0 Å². The minimum atomic E-state index is -0.286. The molecule has 1 saturated heterocycles. The number of pyridine rings is 1. The molecule has 0 aliphatic carbocycles. The maximum atomic E-state index is 12.5. The summed E-state index contributed by atoms with van der Waals surface area (Å²) in [7, 11) is 1.64. The lowest BCUT2D eigenvalue weighted by atomic mass is 9.78. The highest BCUT2D eigenvalue weighted by molar-refractivity contribution is 5.93. The van der Waals surface area contributed by atoms with Gasteiger partial charge < -0.3 is 19.7 Å². The molecule has 2 rings (SSSR count). The van der Waals surface area contributed by atoms with Gasteiger partial charge in [-0.2, -0.15) is 0 Å². The van der Waals surface area contributed by atoms with E-state index in [1.165, 1.54) is 18.3 Å². The van der Waals surface area contributed by atoms with E-state index in [9.17, 15) is 14.7 Å². The number of rotatable bonds is 5. The molecule has 6 heteroatoms. The fourth-order valence-electron chi connectivity index (χ4n) is 2.84. The first kappa shape index (κ1) is 15.7. The summed E-state index contributed by atoms with van der Waals surface area (Å²) in [5.41, 5.74) is -0.0448. The van der Waals surface area contributed by atoms with E-state index in [1.807, 2.05) is 0 Å². The van der Waals surface area contributed by atoms with Gasteiger partial charge in [-0.1, -0.05) is 0 Å². The summed E-state index contributed by atoms with van der Waals surface area (Å²) in [6.45, 7) is 1.81. The summed E-state index contributed by atoms with van der Waals surface area (Å²) in [6.07, 6.45) is 3.92. The van der Waals surface area contributed by atoms with Crippen molar-refractivity contribution in [3.8, 4) is 0 Å². The van der Waals surface area contributed by atoms with Gasteiger partial charge in [-0.25, -0.2) is 0 Å². The van der Waals surface area contributed by atoms with Crippen molar-refractivity contribution in [3.63, 3.8) is 0 Å². The second kappa shape index (κ2) is 6.87. The Balaban J connectivity index is 2.10. The van der Waals surface area contributed by atoms with Crippen LogP contribution >= 0.6 is 0 Å². The van der Waals surface area contributed by atoms with Crippen LogP contribution in [0.2, 0.25) is 0 Å². The number of piperidine rings is 1. The number of nitrogens with zero attached hydrogens (tertiary/aromatic N) is 1. The molecule has 1 aliphatic heterocycles. The molecule has 6 nitrogen and oxygen atoms in total. The average molecular weight is 294 g/mol. The third-order valence-electron chi connectivity index (χ3n) is 4.15. The van der Waals surface area contributed by atoms with Crippen LogP contribution in [0.1, 0.15) is 29.6 Å². The number of nitrogens with one attached hydrogen (secondary N) is 1. The van der Waals surface area contributed by atoms with Crippen molar-refractivity contribution in [1.82, 2.24) is 9.88 Å². The molecule has 1 aromatic rings. The molecule has 2 heterocycles. The van der Waals surface area contributed by atoms with E-state index in [1.54, 1.807) is 12.0 Å². The molecule has 1 aromatic heterocycles. The third-order valence-corrected chi connectivity index (χ3v) is 4.15. The Bertz CT molecular complexity index is 522. The number of likely N-dealkylation sites (tertiary alicyclic amines) is 1. The minimum absolute atomic E-state index is 0.0474. The highest BCUT2D eigenvalue weighted by Crippen LogP contribution is 2.33. The fourth-order valence-corrected chi connectivity index (χ4v) is 2.84. The standard InChI is InChI=1S/C15H22N2O4/c1-21-8-6-15(11-18)5-2-7-17(10-15)14(20)12-3-4-13(19)16-9-12/h3-4,9,18H,2,5-8,10-11H2,1H3,(H,16,19)/t15-/m0/s1. The highest BCUT2D eigenvalue weighted by atomic mass is 16.5. The lowest BCUT2D eigenvalue weighted by molar-refractivity contribution is 0.00896. The molecule has 0 unspecified atom stereocenters. The predicted molar refractivity (Wildman–Crippen MR) is 78.2 cm³/mol. The van der Waals surface area contributed by atoms with Crippen LogP contribution in [0.25, 0.3) is 0 Å². The van der Waals surface area contributed by atoms with Crippen molar-refractivity contribution in [2.75, 3.05) is 33.4 Å². The molecule has 0 saturated carbocycles. The first-order valence-corrected chi connectivity index (χ1v) is 7.18. The first-order valence-electron chi connectivity index (χ1n) is 7.18. The molecule has 1 fully saturated rings. The molecule has 1 amide bonds. The molecule has 0 radical (unpaired) electrons. The molecular weight excluding hydrogens is 272 g/mol. The van der Waals surface area contributed by atoms with Gasteiger partial charge in [-0.15, -0.1) is 0 Å². The topological polar surface area (TPSA) is 82.6 Å². The summed E-state index contributed by atoms with van der Waals surface area (Å²) < 4.78 is 5.11. The van der Waals surface area contributed by atoms with Crippen LogP contribution in [0.3, 0.4) is 0 Å². The van der Waals surface area contributed by atoms with E-state index < -0.39 is 0 Å². The third kappa shape index (κ3) is 3.71. The Morgan fingerprint density at radius 1 is 1.52 bits per heavy atom. The van der Waals surface area contributed by atoms with E-state index in [0.29, 0.717) is 25.3 Å². The number of aliphatic hydroxyl groups excluding tert-OH is 1. The summed E-state index contributed by atoms with van der Waals surface area (Å²) >= 11 is 0. The van der Waals surface area contributed by atoms with Crippen LogP contribution in [0.15, 0.2) is 23.1 Å². The average Bonchev–Trinajstić information content (AvgIpc) is 2.53. The second-order valence-corrected chi connectivity index (χ2v) is 5.67. The van der Waals surface area contributed by atoms with Gasteiger partial charge in [0.2, 0.25) is 5.56 Å². The highest BCUT2D eigenvalue weighted by Gasteiger charge is 2.36. The molecule has 0 bridgehead atoms. The monoisotopic (exact) mass is 294 g/mol. The Labute approximate surface area is 123 Å². The lowest BCUT2D eigenvalue weighted by Crippen LogP contribution is -2.48. The number of amides is 1. The maximum absolute atomic E-state index is 12.5. The number of hydrogen-bond donors (Lipinski definition) is 2. The number of H-pyrrole nitrogens is 1. The number of carbonyl (C=O) groups excluding carboxylic acids is 1. The molecular formula is C15H22N2O4. The van der Waals surface area contributed by atoms with E-state index in [-0.39, 0.29) is 23.5 Å². The zero-order valence-corrected chi connectivity index (χ0v) is 12.3. The van der Waals surface area contributed by atoms with Crippen molar-refractivity contribution >= 4 is 5.91 Å².